The molecule has 0 aromatic heterocycles. The predicted molar refractivity (Wildman–Crippen MR) is 156 cm³/mol. The van der Waals surface area contributed by atoms with Gasteiger partial charge in [0.15, 0.2) is 0 Å². The van der Waals surface area contributed by atoms with Crippen LogP contribution >= 0.6 is 0 Å². The van der Waals surface area contributed by atoms with Gasteiger partial charge in [-0.25, -0.2) is 0 Å². The summed E-state index contributed by atoms with van der Waals surface area (Å²) in [5.74, 6) is -0.119. The lowest BCUT2D eigenvalue weighted by molar-refractivity contribution is -0.138. The van der Waals surface area contributed by atoms with E-state index in [-0.39, 0.29) is 12.5 Å². The molecule has 5 N–H and O–H groups in total. The monoisotopic (exact) mass is 545 g/mol. The Hall–Kier alpha value is -0.730. The quantitative estimate of drug-likeness (QED) is 0.0830. The van der Waals surface area contributed by atoms with Crippen molar-refractivity contribution in [3.8, 4) is 0 Å². The van der Waals surface area contributed by atoms with E-state index in [0.29, 0.717) is 6.42 Å². The minimum atomic E-state index is -1.67. The molecule has 228 valence electrons. The third-order valence-electron chi connectivity index (χ3n) is 7.71. The molecular weight excluding hydrogens is 482 g/mol. The topological polar surface area (TPSA) is 121 Å². The van der Waals surface area contributed by atoms with Gasteiger partial charge in [0, 0.05) is 20.0 Å². The van der Waals surface area contributed by atoms with E-state index in [1.165, 1.54) is 120 Å². The van der Waals surface area contributed by atoms with Crippen molar-refractivity contribution in [2.24, 2.45) is 0 Å². The van der Waals surface area contributed by atoms with Gasteiger partial charge in [-0.15, -0.1) is 0 Å². The van der Waals surface area contributed by atoms with Crippen molar-refractivity contribution in [2.75, 3.05) is 20.2 Å². The van der Waals surface area contributed by atoms with E-state index < -0.39 is 31.0 Å². The zero-order chi connectivity index (χ0) is 28.4. The van der Waals surface area contributed by atoms with Crippen LogP contribution in [-0.4, -0.2) is 81.0 Å². The lowest BCUT2D eigenvalue weighted by Gasteiger charge is -2.28. The molecule has 0 saturated heterocycles. The van der Waals surface area contributed by atoms with Crippen LogP contribution in [0.1, 0.15) is 148 Å². The second kappa shape index (κ2) is 26.5. The summed E-state index contributed by atoms with van der Waals surface area (Å²) in [6.07, 6.45) is 21.8. The second-order valence-corrected chi connectivity index (χ2v) is 11.4. The smallest absolute Gasteiger partial charge is 0.222 e. The molecule has 0 aromatic rings. The van der Waals surface area contributed by atoms with Gasteiger partial charge >= 0.3 is 0 Å². The Labute approximate surface area is 234 Å². The maximum absolute atomic E-state index is 12.2. The second-order valence-electron chi connectivity index (χ2n) is 11.4. The summed E-state index contributed by atoms with van der Waals surface area (Å²) in [6.45, 7) is 1.41. The highest BCUT2D eigenvalue weighted by Crippen LogP contribution is 2.15. The fraction of sp³-hybridized carbons (Fsp3) is 0.968. The number of nitrogens with zero attached hydrogens (tertiary/aromatic N) is 1. The first-order chi connectivity index (χ1) is 18.3. The van der Waals surface area contributed by atoms with Crippen LogP contribution in [0.25, 0.3) is 0 Å². The first kappa shape index (κ1) is 37.3. The number of aliphatic hydroxyl groups excluding tert-OH is 5. The minimum Gasteiger partial charge on any atom is -0.394 e. The zero-order valence-electron chi connectivity index (χ0n) is 24.9. The summed E-state index contributed by atoms with van der Waals surface area (Å²) in [6, 6.07) is 0. The van der Waals surface area contributed by atoms with Gasteiger partial charge in [-0.05, 0) is 6.42 Å². The summed E-state index contributed by atoms with van der Waals surface area (Å²) in [5, 5.41) is 47.7. The third-order valence-corrected chi connectivity index (χ3v) is 7.71. The van der Waals surface area contributed by atoms with Gasteiger partial charge in [-0.3, -0.25) is 4.79 Å². The van der Waals surface area contributed by atoms with Crippen molar-refractivity contribution < 1.29 is 30.3 Å². The van der Waals surface area contributed by atoms with Crippen molar-refractivity contribution in [1.29, 1.82) is 0 Å². The predicted octanol–water partition coefficient (Wildman–Crippen LogP) is 5.48. The summed E-state index contributed by atoms with van der Waals surface area (Å²) in [7, 11) is 1.55. The van der Waals surface area contributed by atoms with E-state index in [9.17, 15) is 25.2 Å². The molecule has 7 nitrogen and oxygen atoms in total. The normalized spacial score (nSPS) is 14.8. The maximum Gasteiger partial charge on any atom is 0.222 e. The van der Waals surface area contributed by atoms with Gasteiger partial charge in [-0.1, -0.05) is 135 Å². The van der Waals surface area contributed by atoms with Gasteiger partial charge in [0.1, 0.15) is 24.4 Å². The van der Waals surface area contributed by atoms with Gasteiger partial charge in [0.05, 0.1) is 6.61 Å². The largest absolute Gasteiger partial charge is 0.394 e. The molecule has 7 heteroatoms. The molecule has 0 saturated carbocycles. The number of rotatable bonds is 28. The summed E-state index contributed by atoms with van der Waals surface area (Å²) < 4.78 is 0. The molecule has 1 amide bonds. The molecule has 0 spiro atoms. The SMILES string of the molecule is CCCCCCCCCCCCCCCCCCCCCCCC(=O)N(C)C[C@H](O)[C@@H](O)[C@H](O)[C@H](O)CO. The van der Waals surface area contributed by atoms with Crippen molar-refractivity contribution >= 4 is 5.91 Å². The highest BCUT2D eigenvalue weighted by molar-refractivity contribution is 5.75. The average molecular weight is 546 g/mol. The number of likely N-dealkylation sites (N-methyl/N-ethyl adjacent to an activating group) is 1. The standard InChI is InChI=1S/C31H63NO6/c1-3-4-5-6-7-8-9-10-11-12-13-14-15-16-17-18-19-20-21-22-23-24-29(36)32(2)25-27(34)30(37)31(38)28(35)26-33/h27-28,30-31,33-35,37-38H,3-26H2,1-2H3/t27-,28+,30+,31+/m0/s1. The van der Waals surface area contributed by atoms with E-state index in [0.717, 1.165) is 19.3 Å². The zero-order valence-corrected chi connectivity index (χ0v) is 24.9. The molecule has 4 atom stereocenters. The number of aliphatic hydroxyl groups is 5. The fourth-order valence-electron chi connectivity index (χ4n) is 4.95. The highest BCUT2D eigenvalue weighted by Gasteiger charge is 2.31. The van der Waals surface area contributed by atoms with Crippen LogP contribution in [0, 0.1) is 0 Å². The molecule has 38 heavy (non-hydrogen) atoms. The van der Waals surface area contributed by atoms with Crippen LogP contribution in [0.4, 0.5) is 0 Å². The molecule has 0 rings (SSSR count). The van der Waals surface area contributed by atoms with Crippen molar-refractivity contribution in [1.82, 2.24) is 4.90 Å². The third kappa shape index (κ3) is 21.1. The molecule has 0 bridgehead atoms. The molecule has 0 heterocycles. The van der Waals surface area contributed by atoms with E-state index in [1.807, 2.05) is 0 Å². The van der Waals surface area contributed by atoms with Crippen molar-refractivity contribution in [2.45, 2.75) is 173 Å². The van der Waals surface area contributed by atoms with Crippen LogP contribution in [0.2, 0.25) is 0 Å². The van der Waals surface area contributed by atoms with E-state index in [1.54, 1.807) is 7.05 Å². The lowest BCUT2D eigenvalue weighted by Crippen LogP contribution is -2.49. The lowest BCUT2D eigenvalue weighted by atomic mass is 10.0. The molecule has 0 aromatic carbocycles. The Morgan fingerprint density at radius 2 is 0.868 bits per heavy atom. The van der Waals surface area contributed by atoms with Crippen LogP contribution in [0.15, 0.2) is 0 Å². The molecule has 0 aliphatic heterocycles. The molecule has 0 unspecified atom stereocenters. The Morgan fingerprint density at radius 1 is 0.553 bits per heavy atom. The van der Waals surface area contributed by atoms with Crippen LogP contribution in [0.5, 0.6) is 0 Å². The number of hydrogen-bond donors (Lipinski definition) is 5. The van der Waals surface area contributed by atoms with Crippen molar-refractivity contribution in [3.05, 3.63) is 0 Å². The first-order valence-electron chi connectivity index (χ1n) is 15.9. The van der Waals surface area contributed by atoms with Crippen molar-refractivity contribution in [3.63, 3.8) is 0 Å². The molecule has 0 radical (unpaired) electrons. The summed E-state index contributed by atoms with van der Waals surface area (Å²) in [5.41, 5.74) is 0. The van der Waals surface area contributed by atoms with E-state index in [4.69, 9.17) is 5.11 Å². The van der Waals surface area contributed by atoms with Crippen LogP contribution in [0.3, 0.4) is 0 Å². The molecule has 0 fully saturated rings. The van der Waals surface area contributed by atoms with Crippen LogP contribution in [-0.2, 0) is 4.79 Å². The highest BCUT2D eigenvalue weighted by atomic mass is 16.4. The number of hydrogen-bond acceptors (Lipinski definition) is 6. The molecular formula is C31H63NO6. The van der Waals surface area contributed by atoms with Gasteiger partial charge in [-0.2, -0.15) is 0 Å². The van der Waals surface area contributed by atoms with Gasteiger partial charge in [0.25, 0.3) is 0 Å². The number of carbonyl (C=O) groups excluding carboxylic acids is 1. The Balaban J connectivity index is 3.46. The Bertz CT molecular complexity index is 521. The number of carbonyl (C=O) groups is 1. The number of unbranched alkanes of at least 4 members (excludes halogenated alkanes) is 20. The average Bonchev–Trinajstić information content (AvgIpc) is 2.92. The minimum absolute atomic E-state index is 0.119. The molecule has 0 aliphatic rings. The van der Waals surface area contributed by atoms with Gasteiger partial charge in [0.2, 0.25) is 5.91 Å². The Kier molecular flexibility index (Phi) is 26.0. The summed E-state index contributed by atoms with van der Waals surface area (Å²) in [4.78, 5) is 13.6. The molecule has 0 aliphatic carbocycles. The number of amides is 1. The first-order valence-corrected chi connectivity index (χ1v) is 15.9. The van der Waals surface area contributed by atoms with E-state index in [2.05, 4.69) is 6.92 Å². The fourth-order valence-corrected chi connectivity index (χ4v) is 4.95. The van der Waals surface area contributed by atoms with E-state index >= 15 is 0 Å². The van der Waals surface area contributed by atoms with Gasteiger partial charge < -0.3 is 30.4 Å². The summed E-state index contributed by atoms with van der Waals surface area (Å²) >= 11 is 0. The Morgan fingerprint density at radius 3 is 1.21 bits per heavy atom. The van der Waals surface area contributed by atoms with Crippen LogP contribution < -0.4 is 0 Å². The maximum atomic E-state index is 12.2.